The van der Waals surface area contributed by atoms with Crippen LogP contribution in [0.1, 0.15) is 51.6 Å². The predicted octanol–water partition coefficient (Wildman–Crippen LogP) is 3.67. The zero-order valence-electron chi connectivity index (χ0n) is 12.4. The van der Waals surface area contributed by atoms with Gasteiger partial charge in [-0.3, -0.25) is 9.88 Å². The minimum Gasteiger partial charge on any atom is -0.385 e. The number of nitrogens with zero attached hydrogens (tertiary/aromatic N) is 2. The molecular formula is C16H27N3. The third-order valence-electron chi connectivity index (χ3n) is 3.95. The Morgan fingerprint density at radius 1 is 1.37 bits per heavy atom. The van der Waals surface area contributed by atoms with Crippen molar-refractivity contribution in [3.05, 3.63) is 24.0 Å². The Balaban J connectivity index is 1.97. The standard InChI is InChI=1S/C16H27N3/c1-3-9-17-15-8-10-18-16(12-15)13-19-11-6-4-5-7-14(19)2/h8,10,12,14H,3-7,9,11,13H2,1-2H3,(H,17,18). The summed E-state index contributed by atoms with van der Waals surface area (Å²) in [4.78, 5) is 7.11. The van der Waals surface area contributed by atoms with E-state index in [0.717, 1.165) is 19.5 Å². The molecule has 3 heteroatoms. The highest BCUT2D eigenvalue weighted by Gasteiger charge is 2.17. The van der Waals surface area contributed by atoms with Crippen LogP contribution < -0.4 is 5.32 Å². The fraction of sp³-hybridized carbons (Fsp3) is 0.688. The minimum atomic E-state index is 0.691. The van der Waals surface area contributed by atoms with Gasteiger partial charge in [-0.25, -0.2) is 0 Å². The van der Waals surface area contributed by atoms with E-state index < -0.39 is 0 Å². The number of rotatable bonds is 5. The van der Waals surface area contributed by atoms with Crippen LogP contribution in [0.2, 0.25) is 0 Å². The number of nitrogens with one attached hydrogen (secondary N) is 1. The molecule has 0 saturated carbocycles. The summed E-state index contributed by atoms with van der Waals surface area (Å²) < 4.78 is 0. The molecule has 1 aromatic rings. The Hall–Kier alpha value is -1.09. The molecule has 1 aliphatic heterocycles. The van der Waals surface area contributed by atoms with Gasteiger partial charge in [-0.05, 0) is 44.9 Å². The van der Waals surface area contributed by atoms with Gasteiger partial charge in [0.15, 0.2) is 0 Å². The van der Waals surface area contributed by atoms with E-state index in [1.165, 1.54) is 43.6 Å². The third kappa shape index (κ3) is 4.50. The smallest absolute Gasteiger partial charge is 0.0564 e. The van der Waals surface area contributed by atoms with Crippen LogP contribution in [-0.4, -0.2) is 29.0 Å². The lowest BCUT2D eigenvalue weighted by Crippen LogP contribution is -2.32. The molecule has 2 heterocycles. The lowest BCUT2D eigenvalue weighted by atomic mass is 10.1. The zero-order valence-corrected chi connectivity index (χ0v) is 12.4. The number of anilines is 1. The van der Waals surface area contributed by atoms with Gasteiger partial charge in [-0.15, -0.1) is 0 Å². The molecule has 1 N–H and O–H groups in total. The van der Waals surface area contributed by atoms with E-state index in [-0.39, 0.29) is 0 Å². The summed E-state index contributed by atoms with van der Waals surface area (Å²) in [7, 11) is 0. The first-order valence-corrected chi connectivity index (χ1v) is 7.72. The Labute approximate surface area is 117 Å². The molecule has 0 aliphatic carbocycles. The van der Waals surface area contributed by atoms with Gasteiger partial charge in [0.25, 0.3) is 0 Å². The van der Waals surface area contributed by atoms with Crippen molar-refractivity contribution in [1.82, 2.24) is 9.88 Å². The molecule has 1 saturated heterocycles. The van der Waals surface area contributed by atoms with E-state index in [1.807, 2.05) is 6.20 Å². The molecule has 106 valence electrons. The second-order valence-electron chi connectivity index (χ2n) is 5.63. The van der Waals surface area contributed by atoms with Crippen LogP contribution in [0.3, 0.4) is 0 Å². The fourth-order valence-electron chi connectivity index (χ4n) is 2.72. The third-order valence-corrected chi connectivity index (χ3v) is 3.95. The molecule has 1 unspecified atom stereocenters. The van der Waals surface area contributed by atoms with Crippen molar-refractivity contribution in [3.8, 4) is 0 Å². The SMILES string of the molecule is CCCNc1ccnc(CN2CCCCCC2C)c1. The van der Waals surface area contributed by atoms with E-state index in [2.05, 4.69) is 41.2 Å². The molecule has 0 aromatic carbocycles. The van der Waals surface area contributed by atoms with Gasteiger partial charge in [0.2, 0.25) is 0 Å². The van der Waals surface area contributed by atoms with E-state index in [1.54, 1.807) is 0 Å². The molecule has 0 spiro atoms. The number of pyridine rings is 1. The second-order valence-corrected chi connectivity index (χ2v) is 5.63. The molecule has 1 fully saturated rings. The summed E-state index contributed by atoms with van der Waals surface area (Å²) in [6.07, 6.45) is 8.50. The van der Waals surface area contributed by atoms with Crippen molar-refractivity contribution in [3.63, 3.8) is 0 Å². The van der Waals surface area contributed by atoms with Crippen LogP contribution in [-0.2, 0) is 6.54 Å². The van der Waals surface area contributed by atoms with Crippen LogP contribution >= 0.6 is 0 Å². The summed E-state index contributed by atoms with van der Waals surface area (Å²) >= 11 is 0. The van der Waals surface area contributed by atoms with Crippen molar-refractivity contribution >= 4 is 5.69 Å². The molecule has 1 aliphatic rings. The van der Waals surface area contributed by atoms with Crippen LogP contribution in [0, 0.1) is 0 Å². The molecule has 1 aromatic heterocycles. The van der Waals surface area contributed by atoms with Crippen LogP contribution in [0.4, 0.5) is 5.69 Å². The number of hydrogen-bond donors (Lipinski definition) is 1. The van der Waals surface area contributed by atoms with Gasteiger partial charge in [0.05, 0.1) is 5.69 Å². The lowest BCUT2D eigenvalue weighted by Gasteiger charge is -2.26. The monoisotopic (exact) mass is 261 g/mol. The van der Waals surface area contributed by atoms with E-state index in [9.17, 15) is 0 Å². The summed E-state index contributed by atoms with van der Waals surface area (Å²) in [5, 5.41) is 3.44. The molecule has 2 rings (SSSR count). The maximum atomic E-state index is 4.52. The van der Waals surface area contributed by atoms with Gasteiger partial charge in [-0.2, -0.15) is 0 Å². The average Bonchev–Trinajstić information content (AvgIpc) is 2.62. The molecule has 19 heavy (non-hydrogen) atoms. The molecule has 1 atom stereocenters. The van der Waals surface area contributed by atoms with Crippen molar-refractivity contribution < 1.29 is 0 Å². The van der Waals surface area contributed by atoms with Crippen molar-refractivity contribution in [2.45, 2.75) is 58.5 Å². The van der Waals surface area contributed by atoms with Crippen LogP contribution in [0.25, 0.3) is 0 Å². The van der Waals surface area contributed by atoms with E-state index in [0.29, 0.717) is 6.04 Å². The predicted molar refractivity (Wildman–Crippen MR) is 81.4 cm³/mol. The first-order chi connectivity index (χ1) is 9.29. The maximum absolute atomic E-state index is 4.52. The topological polar surface area (TPSA) is 28.2 Å². The summed E-state index contributed by atoms with van der Waals surface area (Å²) in [6.45, 7) is 7.78. The zero-order chi connectivity index (χ0) is 13.5. The Morgan fingerprint density at radius 3 is 3.11 bits per heavy atom. The summed E-state index contributed by atoms with van der Waals surface area (Å²) in [5.74, 6) is 0. The Morgan fingerprint density at radius 2 is 2.26 bits per heavy atom. The highest BCUT2D eigenvalue weighted by Crippen LogP contribution is 2.19. The lowest BCUT2D eigenvalue weighted by molar-refractivity contribution is 0.202. The Kier molecular flexibility index (Phi) is 5.64. The first kappa shape index (κ1) is 14.3. The minimum absolute atomic E-state index is 0.691. The highest BCUT2D eigenvalue weighted by molar-refractivity contribution is 5.43. The number of aromatic nitrogens is 1. The van der Waals surface area contributed by atoms with Gasteiger partial charge >= 0.3 is 0 Å². The maximum Gasteiger partial charge on any atom is 0.0564 e. The van der Waals surface area contributed by atoms with Crippen molar-refractivity contribution in [1.29, 1.82) is 0 Å². The van der Waals surface area contributed by atoms with Crippen LogP contribution in [0.5, 0.6) is 0 Å². The van der Waals surface area contributed by atoms with Crippen molar-refractivity contribution in [2.75, 3.05) is 18.4 Å². The van der Waals surface area contributed by atoms with Gasteiger partial charge in [-0.1, -0.05) is 19.8 Å². The normalized spacial score (nSPS) is 21.1. The number of hydrogen-bond acceptors (Lipinski definition) is 3. The van der Waals surface area contributed by atoms with Crippen LogP contribution in [0.15, 0.2) is 18.3 Å². The first-order valence-electron chi connectivity index (χ1n) is 7.72. The van der Waals surface area contributed by atoms with E-state index >= 15 is 0 Å². The van der Waals surface area contributed by atoms with Gasteiger partial charge in [0, 0.05) is 31.0 Å². The van der Waals surface area contributed by atoms with Gasteiger partial charge < -0.3 is 5.32 Å². The highest BCUT2D eigenvalue weighted by atomic mass is 15.2. The molecule has 0 radical (unpaired) electrons. The molecule has 3 nitrogen and oxygen atoms in total. The number of likely N-dealkylation sites (tertiary alicyclic amines) is 1. The largest absolute Gasteiger partial charge is 0.385 e. The van der Waals surface area contributed by atoms with E-state index in [4.69, 9.17) is 0 Å². The Bertz CT molecular complexity index is 378. The fourth-order valence-corrected chi connectivity index (χ4v) is 2.72. The second kappa shape index (κ2) is 7.49. The van der Waals surface area contributed by atoms with Gasteiger partial charge in [0.1, 0.15) is 0 Å². The molecular weight excluding hydrogens is 234 g/mol. The molecule has 0 bridgehead atoms. The average molecular weight is 261 g/mol. The van der Waals surface area contributed by atoms with Crippen molar-refractivity contribution in [2.24, 2.45) is 0 Å². The summed E-state index contributed by atoms with van der Waals surface area (Å²) in [6, 6.07) is 4.95. The molecule has 0 amide bonds. The quantitative estimate of drug-likeness (QED) is 0.876. The summed E-state index contributed by atoms with van der Waals surface area (Å²) in [5.41, 5.74) is 2.39.